The molecule has 0 spiro atoms. The molecule has 0 atom stereocenters. The molecule has 0 radical (unpaired) electrons. The first-order chi connectivity index (χ1) is 7.78. The third-order valence-electron chi connectivity index (χ3n) is 2.75. The number of rotatable bonds is 3. The van der Waals surface area contributed by atoms with E-state index in [4.69, 9.17) is 10.5 Å². The van der Waals surface area contributed by atoms with Crippen molar-refractivity contribution in [3.05, 3.63) is 0 Å². The molecule has 0 aromatic carbocycles. The second kappa shape index (κ2) is 4.96. The van der Waals surface area contributed by atoms with Crippen molar-refractivity contribution < 1.29 is 4.74 Å². The van der Waals surface area contributed by atoms with Crippen LogP contribution in [-0.2, 0) is 0 Å². The maximum atomic E-state index is 5.56. The molecule has 16 heavy (non-hydrogen) atoms. The number of nitrogen functional groups attached to an aromatic ring is 1. The first-order valence-corrected chi connectivity index (χ1v) is 5.60. The zero-order valence-electron chi connectivity index (χ0n) is 9.44. The van der Waals surface area contributed by atoms with E-state index in [2.05, 4.69) is 20.3 Å². The van der Waals surface area contributed by atoms with Gasteiger partial charge in [-0.05, 0) is 12.8 Å². The first kappa shape index (κ1) is 10.9. The Labute approximate surface area is 94.6 Å². The van der Waals surface area contributed by atoms with Crippen molar-refractivity contribution in [1.29, 1.82) is 0 Å². The van der Waals surface area contributed by atoms with Gasteiger partial charge in [0.25, 0.3) is 0 Å². The van der Waals surface area contributed by atoms with E-state index in [0.717, 1.165) is 12.8 Å². The number of aromatic nitrogens is 3. The van der Waals surface area contributed by atoms with E-state index < -0.39 is 0 Å². The molecule has 1 aliphatic carbocycles. The molecule has 88 valence electrons. The summed E-state index contributed by atoms with van der Waals surface area (Å²) in [5.74, 6) is 0.696. The quantitative estimate of drug-likeness (QED) is 0.801. The standard InChI is InChI=1S/C10H17N5O/c1-16-10-14-8(11)13-9(15-10)12-7-5-3-2-4-6-7/h7H,2-6H2,1H3,(H3,11,12,13,14,15). The lowest BCUT2D eigenvalue weighted by atomic mass is 9.96. The molecule has 1 saturated carbocycles. The maximum Gasteiger partial charge on any atom is 0.322 e. The van der Waals surface area contributed by atoms with Crippen LogP contribution in [0.5, 0.6) is 6.01 Å². The van der Waals surface area contributed by atoms with Crippen molar-refractivity contribution in [2.75, 3.05) is 18.2 Å². The van der Waals surface area contributed by atoms with Crippen molar-refractivity contribution in [2.24, 2.45) is 0 Å². The number of ether oxygens (including phenoxy) is 1. The number of hydrogen-bond acceptors (Lipinski definition) is 6. The lowest BCUT2D eigenvalue weighted by Gasteiger charge is -2.22. The topological polar surface area (TPSA) is 86.0 Å². The zero-order valence-corrected chi connectivity index (χ0v) is 9.44. The van der Waals surface area contributed by atoms with Crippen LogP contribution in [0.2, 0.25) is 0 Å². The number of methoxy groups -OCH3 is 1. The minimum atomic E-state index is 0.185. The Morgan fingerprint density at radius 3 is 2.62 bits per heavy atom. The van der Waals surface area contributed by atoms with Crippen LogP contribution in [0.4, 0.5) is 11.9 Å². The fourth-order valence-corrected chi connectivity index (χ4v) is 1.96. The second-order valence-electron chi connectivity index (χ2n) is 3.98. The van der Waals surface area contributed by atoms with Gasteiger partial charge in [-0.1, -0.05) is 19.3 Å². The summed E-state index contributed by atoms with van der Waals surface area (Å²) in [7, 11) is 1.51. The Hall–Kier alpha value is -1.59. The Bertz CT molecular complexity index is 351. The largest absolute Gasteiger partial charge is 0.467 e. The van der Waals surface area contributed by atoms with Gasteiger partial charge in [0, 0.05) is 6.04 Å². The molecule has 0 bridgehead atoms. The highest BCUT2D eigenvalue weighted by molar-refractivity contribution is 5.33. The molecular weight excluding hydrogens is 206 g/mol. The summed E-state index contributed by atoms with van der Waals surface area (Å²) in [6.07, 6.45) is 6.16. The number of nitrogens with two attached hydrogens (primary N) is 1. The molecule has 3 N–H and O–H groups in total. The van der Waals surface area contributed by atoms with E-state index in [9.17, 15) is 0 Å². The molecule has 6 heteroatoms. The summed E-state index contributed by atoms with van der Waals surface area (Å²) in [4.78, 5) is 12.0. The molecule has 1 heterocycles. The highest BCUT2D eigenvalue weighted by Crippen LogP contribution is 2.20. The first-order valence-electron chi connectivity index (χ1n) is 5.60. The van der Waals surface area contributed by atoms with E-state index in [1.165, 1.54) is 26.4 Å². The average Bonchev–Trinajstić information content (AvgIpc) is 2.29. The van der Waals surface area contributed by atoms with Crippen LogP contribution >= 0.6 is 0 Å². The summed E-state index contributed by atoms with van der Waals surface area (Å²) in [5.41, 5.74) is 5.56. The highest BCUT2D eigenvalue weighted by atomic mass is 16.5. The van der Waals surface area contributed by atoms with Crippen molar-refractivity contribution in [1.82, 2.24) is 15.0 Å². The predicted octanol–water partition coefficient (Wildman–Crippen LogP) is 1.21. The second-order valence-corrected chi connectivity index (χ2v) is 3.98. The molecule has 1 aromatic heterocycles. The molecule has 0 aliphatic heterocycles. The normalized spacial score (nSPS) is 17.1. The van der Waals surface area contributed by atoms with E-state index in [-0.39, 0.29) is 12.0 Å². The molecule has 0 unspecified atom stereocenters. The lowest BCUT2D eigenvalue weighted by molar-refractivity contribution is 0.379. The fraction of sp³-hybridized carbons (Fsp3) is 0.700. The number of nitrogens with one attached hydrogen (secondary N) is 1. The number of anilines is 2. The van der Waals surface area contributed by atoms with Gasteiger partial charge < -0.3 is 15.8 Å². The van der Waals surface area contributed by atoms with E-state index in [1.807, 2.05) is 0 Å². The minimum Gasteiger partial charge on any atom is -0.467 e. The van der Waals surface area contributed by atoms with Gasteiger partial charge in [0.2, 0.25) is 11.9 Å². The summed E-state index contributed by atoms with van der Waals surface area (Å²) < 4.78 is 4.94. The molecule has 1 aromatic rings. The monoisotopic (exact) mass is 223 g/mol. The molecule has 6 nitrogen and oxygen atoms in total. The summed E-state index contributed by atoms with van der Waals surface area (Å²) in [6.45, 7) is 0. The smallest absolute Gasteiger partial charge is 0.322 e. The summed E-state index contributed by atoms with van der Waals surface area (Å²) in [5, 5.41) is 3.27. The Balaban J connectivity index is 2.04. The van der Waals surface area contributed by atoms with Gasteiger partial charge in [-0.15, -0.1) is 0 Å². The van der Waals surface area contributed by atoms with Gasteiger partial charge in [0.15, 0.2) is 0 Å². The minimum absolute atomic E-state index is 0.185. The van der Waals surface area contributed by atoms with Crippen LogP contribution < -0.4 is 15.8 Å². The average molecular weight is 223 g/mol. The number of hydrogen-bond donors (Lipinski definition) is 2. The van der Waals surface area contributed by atoms with Crippen LogP contribution in [0.25, 0.3) is 0 Å². The summed E-state index contributed by atoms with van der Waals surface area (Å²) in [6, 6.07) is 0.700. The molecule has 2 rings (SSSR count). The number of nitrogens with zero attached hydrogens (tertiary/aromatic N) is 3. The summed E-state index contributed by atoms with van der Waals surface area (Å²) >= 11 is 0. The fourth-order valence-electron chi connectivity index (χ4n) is 1.96. The maximum absolute atomic E-state index is 5.56. The third-order valence-corrected chi connectivity index (χ3v) is 2.75. The zero-order chi connectivity index (χ0) is 11.4. The van der Waals surface area contributed by atoms with E-state index in [0.29, 0.717) is 12.0 Å². The molecule has 1 fully saturated rings. The van der Waals surface area contributed by atoms with Crippen LogP contribution in [0.3, 0.4) is 0 Å². The van der Waals surface area contributed by atoms with Crippen LogP contribution in [0, 0.1) is 0 Å². The van der Waals surface area contributed by atoms with E-state index in [1.54, 1.807) is 0 Å². The SMILES string of the molecule is COc1nc(N)nc(NC2CCCCC2)n1. The predicted molar refractivity (Wildman–Crippen MR) is 61.3 cm³/mol. The molecular formula is C10H17N5O. The highest BCUT2D eigenvalue weighted by Gasteiger charge is 2.15. The Kier molecular flexibility index (Phi) is 3.38. The molecule has 0 amide bonds. The molecule has 1 aliphatic rings. The Morgan fingerprint density at radius 2 is 1.94 bits per heavy atom. The van der Waals surface area contributed by atoms with Gasteiger partial charge in [-0.25, -0.2) is 0 Å². The third kappa shape index (κ3) is 2.71. The van der Waals surface area contributed by atoms with Crippen LogP contribution in [-0.4, -0.2) is 28.1 Å². The Morgan fingerprint density at radius 1 is 1.19 bits per heavy atom. The lowest BCUT2D eigenvalue weighted by Crippen LogP contribution is -2.24. The van der Waals surface area contributed by atoms with Crippen molar-refractivity contribution in [2.45, 2.75) is 38.1 Å². The van der Waals surface area contributed by atoms with Gasteiger partial charge in [-0.2, -0.15) is 15.0 Å². The van der Waals surface area contributed by atoms with Crippen molar-refractivity contribution in [3.8, 4) is 6.01 Å². The van der Waals surface area contributed by atoms with Crippen LogP contribution in [0.15, 0.2) is 0 Å². The molecule has 0 saturated heterocycles. The van der Waals surface area contributed by atoms with Crippen molar-refractivity contribution in [3.63, 3.8) is 0 Å². The van der Waals surface area contributed by atoms with Gasteiger partial charge in [-0.3, -0.25) is 0 Å². The van der Waals surface area contributed by atoms with Gasteiger partial charge in [0.05, 0.1) is 7.11 Å². The van der Waals surface area contributed by atoms with Crippen molar-refractivity contribution >= 4 is 11.9 Å². The van der Waals surface area contributed by atoms with Gasteiger partial charge >= 0.3 is 6.01 Å². The van der Waals surface area contributed by atoms with E-state index >= 15 is 0 Å². The van der Waals surface area contributed by atoms with Gasteiger partial charge in [0.1, 0.15) is 0 Å². The van der Waals surface area contributed by atoms with Crippen LogP contribution in [0.1, 0.15) is 32.1 Å².